The predicted molar refractivity (Wildman–Crippen MR) is 148 cm³/mol. The summed E-state index contributed by atoms with van der Waals surface area (Å²) in [5.41, 5.74) is 6.02. The molecule has 3 atom stereocenters. The summed E-state index contributed by atoms with van der Waals surface area (Å²) in [6.07, 6.45) is 5.74. The van der Waals surface area contributed by atoms with Crippen molar-refractivity contribution in [2.75, 3.05) is 21.5 Å². The zero-order chi connectivity index (χ0) is 24.9. The van der Waals surface area contributed by atoms with Gasteiger partial charge in [0.1, 0.15) is 11.9 Å². The molecular weight excluding hydrogens is 488 g/mol. The monoisotopic (exact) mass is 518 g/mol. The van der Waals surface area contributed by atoms with Crippen LogP contribution in [-0.4, -0.2) is 26.0 Å². The lowest BCUT2D eigenvalue weighted by molar-refractivity contribution is 0.240. The molecule has 0 saturated carbocycles. The molecule has 3 aliphatic rings. The number of benzene rings is 3. The number of hydrogen-bond donors (Lipinski definition) is 2. The van der Waals surface area contributed by atoms with E-state index in [9.17, 15) is 8.42 Å². The lowest BCUT2D eigenvalue weighted by Gasteiger charge is -2.38. The summed E-state index contributed by atoms with van der Waals surface area (Å²) in [6, 6.07) is 19.7. The maximum absolute atomic E-state index is 13.2. The molecule has 2 aliphatic heterocycles. The smallest absolute Gasteiger partial charge is 0.261 e. The van der Waals surface area contributed by atoms with Crippen LogP contribution in [0.15, 0.2) is 77.7 Å². The van der Waals surface area contributed by atoms with Gasteiger partial charge < -0.3 is 10.1 Å². The van der Waals surface area contributed by atoms with E-state index in [1.54, 1.807) is 6.07 Å². The minimum absolute atomic E-state index is 0.155. The van der Waals surface area contributed by atoms with E-state index in [0.717, 1.165) is 46.1 Å². The molecule has 186 valence electrons. The molecule has 3 aromatic rings. The first kappa shape index (κ1) is 23.5. The van der Waals surface area contributed by atoms with E-state index >= 15 is 0 Å². The third kappa shape index (κ3) is 4.39. The van der Waals surface area contributed by atoms with Crippen LogP contribution < -0.4 is 14.8 Å². The van der Waals surface area contributed by atoms with Crippen molar-refractivity contribution in [2.24, 2.45) is 5.92 Å². The van der Waals surface area contributed by atoms with E-state index in [1.807, 2.05) is 55.9 Å². The van der Waals surface area contributed by atoms with Gasteiger partial charge in [-0.2, -0.15) is 11.8 Å². The van der Waals surface area contributed by atoms with Gasteiger partial charge in [-0.05, 0) is 90.9 Å². The van der Waals surface area contributed by atoms with Crippen LogP contribution in [0.2, 0.25) is 0 Å². The molecule has 0 spiro atoms. The highest BCUT2D eigenvalue weighted by Crippen LogP contribution is 2.50. The third-order valence-corrected chi connectivity index (χ3v) is 10.1. The molecular formula is C29H30N2O3S2. The minimum atomic E-state index is -3.70. The highest BCUT2D eigenvalue weighted by molar-refractivity contribution is 8.00. The molecule has 7 heteroatoms. The van der Waals surface area contributed by atoms with E-state index in [2.05, 4.69) is 46.5 Å². The van der Waals surface area contributed by atoms with E-state index in [-0.39, 0.29) is 16.9 Å². The van der Waals surface area contributed by atoms with Crippen molar-refractivity contribution in [2.45, 2.75) is 43.2 Å². The summed E-state index contributed by atoms with van der Waals surface area (Å²) in [7, 11) is -3.70. The quantitative estimate of drug-likeness (QED) is 0.368. The molecule has 3 aromatic carbocycles. The van der Waals surface area contributed by atoms with Crippen LogP contribution in [0, 0.1) is 19.8 Å². The molecule has 0 aromatic heterocycles. The van der Waals surface area contributed by atoms with E-state index in [1.165, 1.54) is 5.56 Å². The van der Waals surface area contributed by atoms with Gasteiger partial charge in [0.15, 0.2) is 0 Å². The number of anilines is 2. The Morgan fingerprint density at radius 3 is 2.50 bits per heavy atom. The maximum atomic E-state index is 13.2. The lowest BCUT2D eigenvalue weighted by Crippen LogP contribution is -2.31. The van der Waals surface area contributed by atoms with Gasteiger partial charge in [0.25, 0.3) is 10.0 Å². The van der Waals surface area contributed by atoms with Gasteiger partial charge in [-0.15, -0.1) is 0 Å². The fourth-order valence-corrected chi connectivity index (χ4v) is 6.97. The Morgan fingerprint density at radius 1 is 0.972 bits per heavy atom. The molecule has 1 saturated heterocycles. The number of aryl methyl sites for hydroxylation is 2. The number of allylic oxidation sites excluding steroid dienone is 2. The van der Waals surface area contributed by atoms with Crippen LogP contribution in [0.3, 0.4) is 0 Å². The second-order valence-corrected chi connectivity index (χ2v) is 12.7. The first-order valence-electron chi connectivity index (χ1n) is 12.4. The Bertz CT molecular complexity index is 1430. The van der Waals surface area contributed by atoms with Crippen LogP contribution in [0.25, 0.3) is 0 Å². The number of thioether (sulfide) groups is 1. The zero-order valence-electron chi connectivity index (χ0n) is 20.4. The average molecular weight is 519 g/mol. The van der Waals surface area contributed by atoms with Gasteiger partial charge >= 0.3 is 0 Å². The number of sulfonamides is 1. The van der Waals surface area contributed by atoms with E-state index < -0.39 is 10.0 Å². The second-order valence-electron chi connectivity index (χ2n) is 9.98. The molecule has 1 fully saturated rings. The lowest BCUT2D eigenvalue weighted by atomic mass is 9.77. The Hall–Kier alpha value is -2.90. The molecule has 2 heterocycles. The van der Waals surface area contributed by atoms with Crippen LogP contribution in [0.1, 0.15) is 40.6 Å². The average Bonchev–Trinajstić information content (AvgIpc) is 3.34. The summed E-state index contributed by atoms with van der Waals surface area (Å²) < 4.78 is 35.2. The van der Waals surface area contributed by atoms with Gasteiger partial charge in [-0.3, -0.25) is 4.72 Å². The largest absolute Gasteiger partial charge is 0.489 e. The predicted octanol–water partition coefficient (Wildman–Crippen LogP) is 6.42. The first-order chi connectivity index (χ1) is 17.4. The summed E-state index contributed by atoms with van der Waals surface area (Å²) in [5, 5.41) is 3.71. The second kappa shape index (κ2) is 9.20. The molecule has 6 rings (SSSR count). The number of rotatable bonds is 6. The molecule has 0 unspecified atom stereocenters. The van der Waals surface area contributed by atoms with Gasteiger partial charge in [-0.1, -0.05) is 30.4 Å². The van der Waals surface area contributed by atoms with Gasteiger partial charge in [0.2, 0.25) is 0 Å². The van der Waals surface area contributed by atoms with Crippen LogP contribution in [0.4, 0.5) is 11.4 Å². The normalized spacial score (nSPS) is 22.8. The van der Waals surface area contributed by atoms with Crippen molar-refractivity contribution >= 4 is 33.2 Å². The van der Waals surface area contributed by atoms with Crippen LogP contribution >= 0.6 is 11.8 Å². The molecule has 0 bridgehead atoms. The molecule has 0 radical (unpaired) electrons. The number of ether oxygens (including phenoxy) is 1. The van der Waals surface area contributed by atoms with Gasteiger partial charge in [-0.25, -0.2) is 8.42 Å². The van der Waals surface area contributed by atoms with Crippen molar-refractivity contribution in [1.82, 2.24) is 0 Å². The first-order valence-corrected chi connectivity index (χ1v) is 15.0. The van der Waals surface area contributed by atoms with E-state index in [0.29, 0.717) is 17.7 Å². The molecule has 36 heavy (non-hydrogen) atoms. The van der Waals surface area contributed by atoms with Crippen molar-refractivity contribution in [3.05, 3.63) is 95.1 Å². The maximum Gasteiger partial charge on any atom is 0.261 e. The van der Waals surface area contributed by atoms with Gasteiger partial charge in [0.05, 0.1) is 10.9 Å². The summed E-state index contributed by atoms with van der Waals surface area (Å²) >= 11 is 1.91. The van der Waals surface area contributed by atoms with Crippen molar-refractivity contribution in [3.8, 4) is 5.75 Å². The Morgan fingerprint density at radius 2 is 1.78 bits per heavy atom. The molecule has 5 nitrogen and oxygen atoms in total. The molecule has 2 N–H and O–H groups in total. The fourth-order valence-electron chi connectivity index (χ4n) is 5.32. The Labute approximate surface area is 217 Å². The number of fused-ring (bicyclic) bond motifs is 3. The number of nitrogens with one attached hydrogen (secondary N) is 2. The topological polar surface area (TPSA) is 67.4 Å². The number of hydrogen-bond acceptors (Lipinski definition) is 5. The van der Waals surface area contributed by atoms with E-state index in [4.69, 9.17) is 4.74 Å². The minimum Gasteiger partial charge on any atom is -0.489 e. The zero-order valence-corrected chi connectivity index (χ0v) is 22.0. The Balaban J connectivity index is 1.26. The van der Waals surface area contributed by atoms with Crippen molar-refractivity contribution in [1.29, 1.82) is 0 Å². The third-order valence-electron chi connectivity index (χ3n) is 7.55. The van der Waals surface area contributed by atoms with Crippen molar-refractivity contribution < 1.29 is 13.2 Å². The highest BCUT2D eigenvalue weighted by atomic mass is 32.2. The standard InChI is InChI=1S/C29H30N2O3S2/c1-18-6-9-21(14-19(18)2)31-36(32,33)24-12-13-28-27(15-24)25-4-3-5-26(25)29(30-28)20-7-10-22(11-8-20)34-23-16-35-17-23/h3-4,6-15,23,25-26,29-31H,5,16-17H2,1-2H3/t25-,26+,29+/m0/s1. The summed E-state index contributed by atoms with van der Waals surface area (Å²) in [4.78, 5) is 0.287. The van der Waals surface area contributed by atoms with Crippen molar-refractivity contribution in [3.63, 3.8) is 0 Å². The highest BCUT2D eigenvalue weighted by Gasteiger charge is 2.38. The van der Waals surface area contributed by atoms with Crippen LogP contribution in [0.5, 0.6) is 5.75 Å². The SMILES string of the molecule is Cc1ccc(NS(=O)(=O)c2ccc3c(c2)[C@H]2C=CC[C@H]2[C@@H](c2ccc(OC4CSC4)cc2)N3)cc1C. The summed E-state index contributed by atoms with van der Waals surface area (Å²) in [6.45, 7) is 3.99. The Kier molecular flexibility index (Phi) is 6.00. The molecule has 0 amide bonds. The van der Waals surface area contributed by atoms with Gasteiger partial charge in [0, 0.05) is 28.8 Å². The molecule has 1 aliphatic carbocycles. The summed E-state index contributed by atoms with van der Waals surface area (Å²) in [5.74, 6) is 3.56. The fraction of sp³-hybridized carbons (Fsp3) is 0.310. The van der Waals surface area contributed by atoms with Crippen LogP contribution in [-0.2, 0) is 10.0 Å².